The number of hydrogen-bond donors (Lipinski definition) is 0. The molecular formula is C25H19ClNO2+. The van der Waals surface area contributed by atoms with Gasteiger partial charge < -0.3 is 0 Å². The molecule has 29 heavy (non-hydrogen) atoms. The molecule has 0 aliphatic carbocycles. The van der Waals surface area contributed by atoms with Crippen LogP contribution in [0.5, 0.6) is 0 Å². The van der Waals surface area contributed by atoms with Gasteiger partial charge in [-0.25, -0.2) is 0 Å². The van der Waals surface area contributed by atoms with E-state index in [1.165, 1.54) is 0 Å². The van der Waals surface area contributed by atoms with Crippen LogP contribution in [0, 0.1) is 0 Å². The number of hydrogen-bond acceptors (Lipinski definition) is 2. The van der Waals surface area contributed by atoms with E-state index in [1.54, 1.807) is 36.4 Å². The van der Waals surface area contributed by atoms with Crippen LogP contribution in [0.3, 0.4) is 0 Å². The molecule has 0 unspecified atom stereocenters. The summed E-state index contributed by atoms with van der Waals surface area (Å²) in [6.45, 7) is 0.174. The first kappa shape index (κ1) is 19.0. The number of carbonyl (C=O) groups excluding carboxylic acids is 2. The Kier molecular flexibility index (Phi) is 5.50. The molecule has 4 rings (SSSR count). The summed E-state index contributed by atoms with van der Waals surface area (Å²) in [4.78, 5) is 25.7. The number of nitrogens with zero attached hydrogens (tertiary/aromatic N) is 1. The summed E-state index contributed by atoms with van der Waals surface area (Å²) in [6.07, 6.45) is 2.06. The Morgan fingerprint density at radius 2 is 1.48 bits per heavy atom. The van der Waals surface area contributed by atoms with Crippen molar-refractivity contribution in [2.45, 2.75) is 13.0 Å². The number of halogens is 1. The van der Waals surface area contributed by atoms with Crippen molar-refractivity contribution < 1.29 is 14.2 Å². The molecule has 0 fully saturated rings. The van der Waals surface area contributed by atoms with Crippen LogP contribution < -0.4 is 4.57 Å². The van der Waals surface area contributed by atoms with Crippen molar-refractivity contribution in [1.82, 2.24) is 0 Å². The first-order chi connectivity index (χ1) is 14.1. The minimum Gasteiger partial charge on any atom is -0.294 e. The van der Waals surface area contributed by atoms with Crippen molar-refractivity contribution in [1.29, 1.82) is 0 Å². The SMILES string of the molecule is O=C(Cc1c2ccccc2cc[n+]1CC(=O)c1ccccc1)c1cccc(Cl)c1. The third kappa shape index (κ3) is 4.25. The maximum absolute atomic E-state index is 13.0. The van der Waals surface area contributed by atoms with E-state index in [4.69, 9.17) is 11.6 Å². The number of Topliss-reactive ketones (excluding diaryl/α,β-unsaturated/α-hetero) is 2. The van der Waals surface area contributed by atoms with Gasteiger partial charge in [-0.2, -0.15) is 4.57 Å². The lowest BCUT2D eigenvalue weighted by molar-refractivity contribution is -0.688. The maximum Gasteiger partial charge on any atom is 0.227 e. The van der Waals surface area contributed by atoms with Gasteiger partial charge >= 0.3 is 0 Å². The van der Waals surface area contributed by atoms with Crippen LogP contribution in [-0.2, 0) is 13.0 Å². The van der Waals surface area contributed by atoms with Crippen LogP contribution in [0.4, 0.5) is 0 Å². The Morgan fingerprint density at radius 1 is 0.759 bits per heavy atom. The summed E-state index contributed by atoms with van der Waals surface area (Å²) in [6, 6.07) is 26.0. The standard InChI is InChI=1S/C25H19ClNO2/c26-21-11-6-10-20(15-21)24(28)16-23-22-12-5-4-7-18(22)13-14-27(23)17-25(29)19-8-2-1-3-9-19/h1-15H,16-17H2/q+1. The summed E-state index contributed by atoms with van der Waals surface area (Å²) >= 11 is 6.05. The predicted octanol–water partition coefficient (Wildman–Crippen LogP) is 5.09. The molecule has 0 bridgehead atoms. The van der Waals surface area contributed by atoms with Crippen molar-refractivity contribution in [2.75, 3.05) is 0 Å². The second kappa shape index (κ2) is 8.38. The molecule has 0 atom stereocenters. The number of pyridine rings is 1. The molecule has 0 aliphatic heterocycles. The fourth-order valence-corrected chi connectivity index (χ4v) is 3.64. The fourth-order valence-electron chi connectivity index (χ4n) is 3.45. The van der Waals surface area contributed by atoms with Gasteiger partial charge in [0, 0.05) is 27.6 Å². The van der Waals surface area contributed by atoms with E-state index < -0.39 is 0 Å². The average molecular weight is 401 g/mol. The number of carbonyl (C=O) groups is 2. The lowest BCUT2D eigenvalue weighted by Crippen LogP contribution is -2.42. The highest BCUT2D eigenvalue weighted by Crippen LogP contribution is 2.19. The van der Waals surface area contributed by atoms with Gasteiger partial charge in [-0.3, -0.25) is 9.59 Å². The van der Waals surface area contributed by atoms with Crippen LogP contribution in [-0.4, -0.2) is 11.6 Å². The van der Waals surface area contributed by atoms with Gasteiger partial charge in [-0.05, 0) is 23.6 Å². The summed E-state index contributed by atoms with van der Waals surface area (Å²) in [5.41, 5.74) is 2.03. The Morgan fingerprint density at radius 3 is 2.28 bits per heavy atom. The zero-order chi connectivity index (χ0) is 20.2. The largest absolute Gasteiger partial charge is 0.294 e. The van der Waals surface area contributed by atoms with Gasteiger partial charge in [0.05, 0.1) is 6.42 Å². The van der Waals surface area contributed by atoms with E-state index in [0.717, 1.165) is 16.5 Å². The minimum absolute atomic E-state index is 0.00216. The summed E-state index contributed by atoms with van der Waals surface area (Å²) < 4.78 is 1.88. The van der Waals surface area contributed by atoms with Crippen LogP contribution in [0.25, 0.3) is 10.8 Å². The highest BCUT2D eigenvalue weighted by Gasteiger charge is 2.22. The Labute approximate surface area is 174 Å². The van der Waals surface area contributed by atoms with Crippen LogP contribution in [0.15, 0.2) is 91.1 Å². The first-order valence-electron chi connectivity index (χ1n) is 9.39. The molecule has 0 aliphatic rings. The Hall–Kier alpha value is -3.30. The van der Waals surface area contributed by atoms with Crippen molar-refractivity contribution >= 4 is 33.9 Å². The number of fused-ring (bicyclic) bond motifs is 1. The molecule has 3 nitrogen and oxygen atoms in total. The molecule has 1 aromatic heterocycles. The van der Waals surface area contributed by atoms with Gasteiger partial charge in [0.1, 0.15) is 0 Å². The molecule has 0 spiro atoms. The molecule has 4 heteroatoms. The van der Waals surface area contributed by atoms with E-state index in [0.29, 0.717) is 16.1 Å². The normalized spacial score (nSPS) is 10.8. The zero-order valence-corrected chi connectivity index (χ0v) is 16.5. The predicted molar refractivity (Wildman–Crippen MR) is 114 cm³/mol. The molecule has 0 N–H and O–H groups in total. The molecule has 142 valence electrons. The van der Waals surface area contributed by atoms with Crippen LogP contribution in [0.1, 0.15) is 26.4 Å². The first-order valence-corrected chi connectivity index (χ1v) is 9.77. The smallest absolute Gasteiger partial charge is 0.227 e. The highest BCUT2D eigenvalue weighted by atomic mass is 35.5. The molecule has 4 aromatic rings. The number of ketones is 2. The molecule has 1 heterocycles. The molecule has 0 radical (unpaired) electrons. The third-order valence-corrected chi connectivity index (χ3v) is 5.17. The third-order valence-electron chi connectivity index (χ3n) is 4.94. The van der Waals surface area contributed by atoms with Crippen LogP contribution in [0.2, 0.25) is 5.02 Å². The maximum atomic E-state index is 13.0. The van der Waals surface area contributed by atoms with Gasteiger partial charge in [0.15, 0.2) is 17.7 Å². The number of benzene rings is 3. The average Bonchev–Trinajstić information content (AvgIpc) is 2.76. The van der Waals surface area contributed by atoms with E-state index in [1.807, 2.05) is 59.3 Å². The molecule has 3 aromatic carbocycles. The summed E-state index contributed by atoms with van der Waals surface area (Å²) in [7, 11) is 0. The van der Waals surface area contributed by atoms with E-state index >= 15 is 0 Å². The highest BCUT2D eigenvalue weighted by molar-refractivity contribution is 6.31. The summed E-state index contributed by atoms with van der Waals surface area (Å²) in [5.74, 6) is -0.0351. The summed E-state index contributed by atoms with van der Waals surface area (Å²) in [5, 5.41) is 2.52. The topological polar surface area (TPSA) is 38.0 Å². The second-order valence-electron chi connectivity index (χ2n) is 6.88. The molecular weight excluding hydrogens is 382 g/mol. The van der Waals surface area contributed by atoms with Crippen molar-refractivity contribution in [2.24, 2.45) is 0 Å². The number of rotatable bonds is 6. The Bertz CT molecular complexity index is 1200. The zero-order valence-electron chi connectivity index (χ0n) is 15.7. The van der Waals surface area contributed by atoms with E-state index in [2.05, 4.69) is 0 Å². The molecule has 0 amide bonds. The lowest BCUT2D eigenvalue weighted by atomic mass is 10.0. The quantitative estimate of drug-likeness (QED) is 0.334. The van der Waals surface area contributed by atoms with E-state index in [9.17, 15) is 9.59 Å². The van der Waals surface area contributed by atoms with Gasteiger partial charge in [-0.15, -0.1) is 0 Å². The van der Waals surface area contributed by atoms with Gasteiger partial charge in [0.25, 0.3) is 0 Å². The minimum atomic E-state index is -0.0373. The van der Waals surface area contributed by atoms with Crippen molar-refractivity contribution in [3.05, 3.63) is 113 Å². The number of aromatic nitrogens is 1. The van der Waals surface area contributed by atoms with Crippen molar-refractivity contribution in [3.8, 4) is 0 Å². The van der Waals surface area contributed by atoms with E-state index in [-0.39, 0.29) is 24.5 Å². The monoisotopic (exact) mass is 400 g/mol. The molecule has 0 saturated heterocycles. The van der Waals surface area contributed by atoms with Crippen LogP contribution >= 0.6 is 11.6 Å². The second-order valence-corrected chi connectivity index (χ2v) is 7.31. The Balaban J connectivity index is 1.73. The van der Waals surface area contributed by atoms with Crippen molar-refractivity contribution in [3.63, 3.8) is 0 Å². The lowest BCUT2D eigenvalue weighted by Gasteiger charge is -2.08. The van der Waals surface area contributed by atoms with Gasteiger partial charge in [0.2, 0.25) is 12.3 Å². The molecule has 0 saturated carbocycles. The van der Waals surface area contributed by atoms with Gasteiger partial charge in [-0.1, -0.05) is 72.3 Å². The fraction of sp³-hybridized carbons (Fsp3) is 0.0800.